The van der Waals surface area contributed by atoms with Crippen LogP contribution >= 0.6 is 0 Å². The van der Waals surface area contributed by atoms with E-state index in [1.807, 2.05) is 0 Å². The minimum absolute atomic E-state index is 0.152. The minimum Gasteiger partial charge on any atom is -0.474 e. The zero-order valence-electron chi connectivity index (χ0n) is 22.5. The molecule has 0 unspecified atom stereocenters. The van der Waals surface area contributed by atoms with Crippen LogP contribution in [0.3, 0.4) is 0 Å². The number of rotatable bonds is 16. The van der Waals surface area contributed by atoms with E-state index in [2.05, 4.69) is 12.2 Å². The molecule has 0 bridgehead atoms. The number of carboxylic acid groups (broad SMARTS) is 1. The summed E-state index contributed by atoms with van der Waals surface area (Å²) in [4.78, 5) is 49.7. The maximum Gasteiger partial charge on any atom is 0.394 e. The van der Waals surface area contributed by atoms with E-state index in [-0.39, 0.29) is 18.0 Å². The van der Waals surface area contributed by atoms with Gasteiger partial charge in [-0.3, -0.25) is 14.5 Å². The van der Waals surface area contributed by atoms with Crippen LogP contribution in [0.5, 0.6) is 0 Å². The number of hydrogen-bond acceptors (Lipinski definition) is 5. The molecule has 0 heterocycles. The Morgan fingerprint density at radius 3 is 1.97 bits per heavy atom. The number of carboxylic acids is 1. The van der Waals surface area contributed by atoms with Crippen molar-refractivity contribution in [1.82, 2.24) is 5.32 Å². The number of nitrogens with zero attached hydrogens (tertiary/aromatic N) is 1. The molecule has 2 N–H and O–H groups in total. The zero-order chi connectivity index (χ0) is 27.8. The molecule has 0 aliphatic heterocycles. The fraction of sp³-hybridized carbons (Fsp3) is 0.467. The molecule has 0 radical (unpaired) electrons. The summed E-state index contributed by atoms with van der Waals surface area (Å²) in [6.45, 7) is 2.66. The number of anilines is 1. The summed E-state index contributed by atoms with van der Waals surface area (Å²) in [5.41, 5.74) is 1.38. The number of carbonyl (C=O) groups is 4. The number of amides is 2. The Morgan fingerprint density at radius 2 is 1.39 bits per heavy atom. The molecule has 2 amide bonds. The Hall–Kier alpha value is -3.68. The standard InChI is InChI=1S/C30H40N2O6/c1-3-4-5-6-7-8-9-10-11-14-21-31-27(33)23-17-19-25(20-18-23)32(28(34)29(35)36)22-24-15-12-13-16-26(24)30(37)38-2/h12-13,15-20H,3-11,14,21-22H2,1-2H3,(H,31,33)(H,35,36). The van der Waals surface area contributed by atoms with Gasteiger partial charge >= 0.3 is 17.8 Å². The van der Waals surface area contributed by atoms with Crippen molar-refractivity contribution >= 4 is 29.4 Å². The molecule has 0 spiro atoms. The Balaban J connectivity index is 1.90. The van der Waals surface area contributed by atoms with Gasteiger partial charge in [-0.15, -0.1) is 0 Å². The first kappa shape index (κ1) is 30.5. The molecule has 2 rings (SSSR count). The van der Waals surface area contributed by atoms with Crippen molar-refractivity contribution in [2.24, 2.45) is 0 Å². The van der Waals surface area contributed by atoms with Gasteiger partial charge in [0, 0.05) is 17.8 Å². The average Bonchev–Trinajstić information content (AvgIpc) is 2.94. The van der Waals surface area contributed by atoms with Crippen molar-refractivity contribution in [2.45, 2.75) is 77.7 Å². The molecule has 0 saturated carbocycles. The maximum atomic E-state index is 12.5. The number of hydrogen-bond donors (Lipinski definition) is 2. The van der Waals surface area contributed by atoms with Crippen LogP contribution in [0, 0.1) is 0 Å². The Bertz CT molecular complexity index is 1050. The molecule has 0 aliphatic rings. The van der Waals surface area contributed by atoms with E-state index in [1.165, 1.54) is 70.6 Å². The first-order chi connectivity index (χ1) is 18.4. The van der Waals surface area contributed by atoms with Crippen molar-refractivity contribution in [3.05, 3.63) is 65.2 Å². The van der Waals surface area contributed by atoms with Gasteiger partial charge in [-0.1, -0.05) is 82.9 Å². The van der Waals surface area contributed by atoms with Gasteiger partial charge in [0.05, 0.1) is 19.2 Å². The van der Waals surface area contributed by atoms with Crippen molar-refractivity contribution in [2.75, 3.05) is 18.6 Å². The number of nitrogens with one attached hydrogen (secondary N) is 1. The fourth-order valence-corrected chi connectivity index (χ4v) is 4.24. The van der Waals surface area contributed by atoms with Crippen LogP contribution in [0.2, 0.25) is 0 Å². The van der Waals surface area contributed by atoms with Gasteiger partial charge in [0.15, 0.2) is 0 Å². The van der Waals surface area contributed by atoms with Gasteiger partial charge in [0.25, 0.3) is 5.91 Å². The van der Waals surface area contributed by atoms with Gasteiger partial charge in [0.1, 0.15) is 0 Å². The van der Waals surface area contributed by atoms with Crippen LogP contribution in [0.4, 0.5) is 5.69 Å². The third-order valence-electron chi connectivity index (χ3n) is 6.44. The lowest BCUT2D eigenvalue weighted by Gasteiger charge is -2.22. The molecule has 8 heteroatoms. The number of ether oxygens (including phenoxy) is 1. The summed E-state index contributed by atoms with van der Waals surface area (Å²) < 4.78 is 4.79. The second kappa shape index (κ2) is 16.9. The molecule has 206 valence electrons. The van der Waals surface area contributed by atoms with E-state index in [0.717, 1.165) is 17.7 Å². The first-order valence-electron chi connectivity index (χ1n) is 13.5. The van der Waals surface area contributed by atoms with Crippen LogP contribution in [0.1, 0.15) is 97.4 Å². The highest BCUT2D eigenvalue weighted by Crippen LogP contribution is 2.21. The lowest BCUT2D eigenvalue weighted by Crippen LogP contribution is -2.36. The summed E-state index contributed by atoms with van der Waals surface area (Å²) in [7, 11) is 1.25. The molecule has 0 aromatic heterocycles. The fourth-order valence-electron chi connectivity index (χ4n) is 4.24. The highest BCUT2D eigenvalue weighted by molar-refractivity contribution is 6.37. The molecular weight excluding hydrogens is 484 g/mol. The topological polar surface area (TPSA) is 113 Å². The zero-order valence-corrected chi connectivity index (χ0v) is 22.5. The molecular formula is C30H40N2O6. The van der Waals surface area contributed by atoms with Gasteiger partial charge in [-0.05, 0) is 42.3 Å². The largest absolute Gasteiger partial charge is 0.474 e. The van der Waals surface area contributed by atoms with Crippen molar-refractivity contribution in [3.63, 3.8) is 0 Å². The second-order valence-electron chi connectivity index (χ2n) is 9.33. The number of unbranched alkanes of at least 4 members (excludes halogenated alkanes) is 9. The third kappa shape index (κ3) is 10.00. The first-order valence-corrected chi connectivity index (χ1v) is 13.5. The average molecular weight is 525 g/mol. The molecule has 8 nitrogen and oxygen atoms in total. The van der Waals surface area contributed by atoms with Crippen molar-refractivity contribution in [3.8, 4) is 0 Å². The molecule has 0 aliphatic carbocycles. The summed E-state index contributed by atoms with van der Waals surface area (Å²) >= 11 is 0. The number of methoxy groups -OCH3 is 1. The van der Waals surface area contributed by atoms with Crippen LogP contribution in [-0.2, 0) is 20.9 Å². The highest BCUT2D eigenvalue weighted by Gasteiger charge is 2.25. The number of aliphatic carboxylic acids is 1. The minimum atomic E-state index is -1.63. The smallest absolute Gasteiger partial charge is 0.394 e. The van der Waals surface area contributed by atoms with E-state index in [9.17, 15) is 24.3 Å². The van der Waals surface area contributed by atoms with Gasteiger partial charge in [0.2, 0.25) is 0 Å². The number of carbonyl (C=O) groups excluding carboxylic acids is 3. The van der Waals surface area contributed by atoms with E-state index in [1.54, 1.807) is 36.4 Å². The van der Waals surface area contributed by atoms with E-state index < -0.39 is 17.8 Å². The quantitative estimate of drug-likeness (QED) is 0.164. The van der Waals surface area contributed by atoms with Crippen molar-refractivity contribution < 1.29 is 29.0 Å². The highest BCUT2D eigenvalue weighted by atomic mass is 16.5. The van der Waals surface area contributed by atoms with Crippen LogP contribution in [0.15, 0.2) is 48.5 Å². The van der Waals surface area contributed by atoms with Gasteiger partial charge in [-0.25, -0.2) is 9.59 Å². The lowest BCUT2D eigenvalue weighted by atomic mass is 10.1. The number of benzene rings is 2. The van der Waals surface area contributed by atoms with E-state index in [4.69, 9.17) is 4.74 Å². The summed E-state index contributed by atoms with van der Waals surface area (Å²) in [6, 6.07) is 12.7. The van der Waals surface area contributed by atoms with E-state index >= 15 is 0 Å². The SMILES string of the molecule is CCCCCCCCCCCCNC(=O)c1ccc(N(Cc2ccccc2C(=O)OC)C(=O)C(=O)O)cc1. The Kier molecular flexibility index (Phi) is 13.6. The second-order valence-corrected chi connectivity index (χ2v) is 9.33. The molecule has 2 aromatic carbocycles. The Morgan fingerprint density at radius 1 is 0.816 bits per heavy atom. The summed E-state index contributed by atoms with van der Waals surface area (Å²) in [5.74, 6) is -3.58. The predicted molar refractivity (Wildman–Crippen MR) is 147 cm³/mol. The molecule has 0 atom stereocenters. The van der Waals surface area contributed by atoms with Gasteiger partial charge < -0.3 is 15.2 Å². The Labute approximate surface area is 225 Å². The van der Waals surface area contributed by atoms with Gasteiger partial charge in [-0.2, -0.15) is 0 Å². The van der Waals surface area contributed by atoms with Crippen LogP contribution < -0.4 is 10.2 Å². The molecule has 0 fully saturated rings. The lowest BCUT2D eigenvalue weighted by molar-refractivity contribution is -0.148. The van der Waals surface area contributed by atoms with E-state index in [0.29, 0.717) is 23.4 Å². The molecule has 2 aromatic rings. The van der Waals surface area contributed by atoms with Crippen molar-refractivity contribution in [1.29, 1.82) is 0 Å². The summed E-state index contributed by atoms with van der Waals surface area (Å²) in [5, 5.41) is 12.3. The predicted octanol–water partition coefficient (Wildman–Crippen LogP) is 5.74. The third-order valence-corrected chi connectivity index (χ3v) is 6.44. The molecule has 0 saturated heterocycles. The molecule has 38 heavy (non-hydrogen) atoms. The van der Waals surface area contributed by atoms with Crippen LogP contribution in [-0.4, -0.2) is 42.5 Å². The normalized spacial score (nSPS) is 10.6. The monoisotopic (exact) mass is 524 g/mol. The number of esters is 1. The van der Waals surface area contributed by atoms with Crippen LogP contribution in [0.25, 0.3) is 0 Å². The maximum absolute atomic E-state index is 12.5. The summed E-state index contributed by atoms with van der Waals surface area (Å²) in [6.07, 6.45) is 12.2.